The van der Waals surface area contributed by atoms with Crippen molar-refractivity contribution in [2.45, 2.75) is 6.92 Å². The van der Waals surface area contributed by atoms with E-state index in [4.69, 9.17) is 0 Å². The first-order valence-corrected chi connectivity index (χ1v) is 7.32. The van der Waals surface area contributed by atoms with Crippen LogP contribution < -0.4 is 4.90 Å². The van der Waals surface area contributed by atoms with E-state index < -0.39 is 0 Å². The van der Waals surface area contributed by atoms with Crippen LogP contribution in [0.2, 0.25) is 0 Å². The van der Waals surface area contributed by atoms with Crippen LogP contribution >= 0.6 is 11.3 Å². The van der Waals surface area contributed by atoms with Crippen molar-refractivity contribution in [3.05, 3.63) is 60.7 Å². The maximum atomic E-state index is 12.0. The van der Waals surface area contributed by atoms with E-state index in [9.17, 15) is 4.79 Å². The molecule has 1 heterocycles. The third-order valence-corrected chi connectivity index (χ3v) is 3.91. The van der Waals surface area contributed by atoms with Gasteiger partial charge in [0.15, 0.2) is 0 Å². The number of anilines is 2. The number of para-hydroxylation sites is 1. The zero-order chi connectivity index (χ0) is 14.7. The summed E-state index contributed by atoms with van der Waals surface area (Å²) in [6, 6.07) is 19.3. The Bertz CT molecular complexity index is 740. The lowest BCUT2D eigenvalue weighted by Crippen LogP contribution is -2.22. The summed E-state index contributed by atoms with van der Waals surface area (Å²) in [6.07, 6.45) is 0. The van der Waals surface area contributed by atoms with E-state index in [1.807, 2.05) is 60.7 Å². The fraction of sp³-hybridized carbons (Fsp3) is 0.0625. The van der Waals surface area contributed by atoms with Crippen molar-refractivity contribution in [2.75, 3.05) is 4.90 Å². The van der Waals surface area contributed by atoms with Crippen LogP contribution in [-0.2, 0) is 4.79 Å². The van der Waals surface area contributed by atoms with Crippen LogP contribution in [0.5, 0.6) is 0 Å². The molecule has 0 bridgehead atoms. The van der Waals surface area contributed by atoms with E-state index in [-0.39, 0.29) is 5.91 Å². The van der Waals surface area contributed by atoms with E-state index in [1.165, 1.54) is 18.3 Å². The molecule has 0 saturated carbocycles. The first kappa shape index (κ1) is 13.5. The molecule has 1 amide bonds. The Labute approximate surface area is 126 Å². The lowest BCUT2D eigenvalue weighted by molar-refractivity contribution is -0.115. The number of hydrogen-bond donors (Lipinski definition) is 0. The van der Waals surface area contributed by atoms with Crippen molar-refractivity contribution in [1.82, 2.24) is 10.2 Å². The zero-order valence-corrected chi connectivity index (χ0v) is 12.2. The van der Waals surface area contributed by atoms with Gasteiger partial charge in [-0.2, -0.15) is 0 Å². The molecular weight excluding hydrogens is 282 g/mol. The molecule has 0 spiro atoms. The number of nitrogens with zero attached hydrogens (tertiary/aromatic N) is 3. The number of rotatable bonds is 3. The van der Waals surface area contributed by atoms with E-state index in [2.05, 4.69) is 10.2 Å². The predicted octanol–water partition coefficient (Wildman–Crippen LogP) is 3.89. The Hall–Kier alpha value is -2.53. The van der Waals surface area contributed by atoms with Crippen molar-refractivity contribution in [1.29, 1.82) is 0 Å². The minimum absolute atomic E-state index is 0.0861. The second kappa shape index (κ2) is 5.85. The molecule has 0 unspecified atom stereocenters. The van der Waals surface area contributed by atoms with Crippen LogP contribution in [-0.4, -0.2) is 16.1 Å². The molecule has 0 aliphatic rings. The third kappa shape index (κ3) is 2.83. The van der Waals surface area contributed by atoms with E-state index in [0.29, 0.717) is 5.13 Å². The van der Waals surface area contributed by atoms with Gasteiger partial charge in [0.05, 0.1) is 5.69 Å². The smallest absolute Gasteiger partial charge is 0.230 e. The van der Waals surface area contributed by atoms with Gasteiger partial charge in [0, 0.05) is 12.5 Å². The largest absolute Gasteiger partial charge is 0.274 e. The van der Waals surface area contributed by atoms with Crippen LogP contribution in [0.25, 0.3) is 10.6 Å². The summed E-state index contributed by atoms with van der Waals surface area (Å²) in [5.41, 5.74) is 1.79. The van der Waals surface area contributed by atoms with Gasteiger partial charge in [0.2, 0.25) is 11.0 Å². The number of benzene rings is 2. The lowest BCUT2D eigenvalue weighted by Gasteiger charge is -2.16. The highest BCUT2D eigenvalue weighted by Crippen LogP contribution is 2.32. The highest BCUT2D eigenvalue weighted by atomic mass is 32.1. The molecule has 104 valence electrons. The van der Waals surface area contributed by atoms with Crippen molar-refractivity contribution in [3.63, 3.8) is 0 Å². The molecule has 0 radical (unpaired) electrons. The molecule has 2 aromatic carbocycles. The highest BCUT2D eigenvalue weighted by Gasteiger charge is 2.19. The molecule has 0 fully saturated rings. The molecule has 1 aromatic heterocycles. The minimum atomic E-state index is -0.0861. The average Bonchev–Trinajstić information content (AvgIpc) is 2.98. The van der Waals surface area contributed by atoms with Crippen LogP contribution in [0.1, 0.15) is 6.92 Å². The van der Waals surface area contributed by atoms with Crippen LogP contribution in [0.15, 0.2) is 60.7 Å². The quantitative estimate of drug-likeness (QED) is 0.736. The Morgan fingerprint density at radius 1 is 0.952 bits per heavy atom. The van der Waals surface area contributed by atoms with Gasteiger partial charge in [0.1, 0.15) is 5.01 Å². The zero-order valence-electron chi connectivity index (χ0n) is 11.4. The summed E-state index contributed by atoms with van der Waals surface area (Å²) in [4.78, 5) is 13.5. The van der Waals surface area contributed by atoms with Crippen molar-refractivity contribution in [2.24, 2.45) is 0 Å². The van der Waals surface area contributed by atoms with Crippen LogP contribution in [0.3, 0.4) is 0 Å². The summed E-state index contributed by atoms with van der Waals surface area (Å²) in [5, 5.41) is 9.73. The molecule has 4 nitrogen and oxygen atoms in total. The van der Waals surface area contributed by atoms with E-state index in [1.54, 1.807) is 4.90 Å². The number of amides is 1. The Morgan fingerprint density at radius 3 is 2.19 bits per heavy atom. The summed E-state index contributed by atoms with van der Waals surface area (Å²) in [7, 11) is 0. The van der Waals surface area contributed by atoms with Crippen LogP contribution in [0, 0.1) is 0 Å². The Kier molecular flexibility index (Phi) is 3.75. The maximum Gasteiger partial charge on any atom is 0.230 e. The standard InChI is InChI=1S/C16H13N3OS/c1-12(20)19(14-10-6-3-7-11-14)16-18-17-15(21-16)13-8-4-2-5-9-13/h2-11H,1H3. The topological polar surface area (TPSA) is 46.1 Å². The molecule has 21 heavy (non-hydrogen) atoms. The van der Waals surface area contributed by atoms with Gasteiger partial charge in [-0.1, -0.05) is 59.9 Å². The van der Waals surface area contributed by atoms with Gasteiger partial charge in [-0.15, -0.1) is 10.2 Å². The average molecular weight is 295 g/mol. The van der Waals surface area contributed by atoms with Crippen molar-refractivity contribution >= 4 is 28.1 Å². The molecule has 0 aliphatic heterocycles. The van der Waals surface area contributed by atoms with Gasteiger partial charge in [-0.05, 0) is 12.1 Å². The summed E-state index contributed by atoms with van der Waals surface area (Å²) < 4.78 is 0. The lowest BCUT2D eigenvalue weighted by atomic mass is 10.2. The van der Waals surface area contributed by atoms with Gasteiger partial charge in [-0.3, -0.25) is 9.69 Å². The number of hydrogen-bond acceptors (Lipinski definition) is 4. The number of aromatic nitrogens is 2. The third-order valence-electron chi connectivity index (χ3n) is 2.96. The molecule has 0 saturated heterocycles. The Morgan fingerprint density at radius 2 is 1.57 bits per heavy atom. The molecule has 3 rings (SSSR count). The SMILES string of the molecule is CC(=O)N(c1ccccc1)c1nnc(-c2ccccc2)s1. The van der Waals surface area contributed by atoms with Gasteiger partial charge >= 0.3 is 0 Å². The van der Waals surface area contributed by atoms with E-state index >= 15 is 0 Å². The summed E-state index contributed by atoms with van der Waals surface area (Å²) in [6.45, 7) is 1.52. The molecular formula is C16H13N3OS. The second-order valence-electron chi connectivity index (χ2n) is 4.45. The monoisotopic (exact) mass is 295 g/mol. The van der Waals surface area contributed by atoms with Gasteiger partial charge in [-0.25, -0.2) is 0 Å². The Balaban J connectivity index is 1.99. The van der Waals surface area contributed by atoms with Crippen molar-refractivity contribution in [3.8, 4) is 10.6 Å². The highest BCUT2D eigenvalue weighted by molar-refractivity contribution is 7.18. The number of carbonyl (C=O) groups excluding carboxylic acids is 1. The summed E-state index contributed by atoms with van der Waals surface area (Å²) >= 11 is 1.40. The first-order valence-electron chi connectivity index (χ1n) is 6.50. The van der Waals surface area contributed by atoms with Crippen molar-refractivity contribution < 1.29 is 4.79 Å². The molecule has 5 heteroatoms. The first-order chi connectivity index (χ1) is 10.3. The molecule has 3 aromatic rings. The molecule has 0 N–H and O–H groups in total. The maximum absolute atomic E-state index is 12.0. The predicted molar refractivity (Wildman–Crippen MR) is 84.6 cm³/mol. The number of carbonyl (C=O) groups is 1. The normalized spacial score (nSPS) is 10.3. The fourth-order valence-electron chi connectivity index (χ4n) is 2.01. The van der Waals surface area contributed by atoms with Gasteiger partial charge in [0.25, 0.3) is 0 Å². The van der Waals surface area contributed by atoms with Crippen LogP contribution in [0.4, 0.5) is 10.8 Å². The molecule has 0 aliphatic carbocycles. The minimum Gasteiger partial charge on any atom is -0.274 e. The van der Waals surface area contributed by atoms with Gasteiger partial charge < -0.3 is 0 Å². The van der Waals surface area contributed by atoms with E-state index in [0.717, 1.165) is 16.3 Å². The second-order valence-corrected chi connectivity index (χ2v) is 5.40. The summed E-state index contributed by atoms with van der Waals surface area (Å²) in [5.74, 6) is -0.0861. The molecule has 0 atom stereocenters. The fourth-order valence-corrected chi connectivity index (χ4v) is 2.92.